The summed E-state index contributed by atoms with van der Waals surface area (Å²) >= 11 is 3.36. The Morgan fingerprint density at radius 3 is 2.05 bits per heavy atom. The van der Waals surface area contributed by atoms with E-state index >= 15 is 0 Å². The number of benzene rings is 1. The Morgan fingerprint density at radius 2 is 1.65 bits per heavy atom. The second-order valence-corrected chi connectivity index (χ2v) is 5.09. The number of esters is 2. The van der Waals surface area contributed by atoms with Crippen molar-refractivity contribution in [1.82, 2.24) is 0 Å². The Balaban J connectivity index is 3.01. The summed E-state index contributed by atoms with van der Waals surface area (Å²) in [4.78, 5) is 22.2. The molecule has 0 radical (unpaired) electrons. The summed E-state index contributed by atoms with van der Waals surface area (Å²) < 4.78 is 11.1. The molecule has 108 valence electrons. The summed E-state index contributed by atoms with van der Waals surface area (Å²) in [6.45, 7) is 4.47. The highest BCUT2D eigenvalue weighted by Crippen LogP contribution is 2.19. The minimum Gasteiger partial charge on any atom is -0.421 e. The fourth-order valence-electron chi connectivity index (χ4n) is 1.59. The van der Waals surface area contributed by atoms with Crippen LogP contribution in [0.25, 0.3) is 6.08 Å². The largest absolute Gasteiger partial charge is 0.421 e. The van der Waals surface area contributed by atoms with E-state index in [1.54, 1.807) is 0 Å². The molecule has 0 atom stereocenters. The van der Waals surface area contributed by atoms with E-state index in [0.29, 0.717) is 6.42 Å². The lowest BCUT2D eigenvalue weighted by molar-refractivity contribution is -0.178. The lowest BCUT2D eigenvalue weighted by atomic mass is 10.1. The van der Waals surface area contributed by atoms with Crippen molar-refractivity contribution in [2.45, 2.75) is 33.5 Å². The summed E-state index contributed by atoms with van der Waals surface area (Å²) in [7, 11) is 0. The average Bonchev–Trinajstić information content (AvgIpc) is 2.36. The van der Waals surface area contributed by atoms with Gasteiger partial charge in [0.2, 0.25) is 0 Å². The van der Waals surface area contributed by atoms with E-state index in [2.05, 4.69) is 15.9 Å². The van der Waals surface area contributed by atoms with Gasteiger partial charge in [-0.25, -0.2) is 0 Å². The SMILES string of the molecule is CCC(=Cc1ccc(Br)cc1)C(OC(C)=O)OC(C)=O. The van der Waals surface area contributed by atoms with Crippen LogP contribution < -0.4 is 0 Å². The maximum atomic E-state index is 11.1. The third-order valence-electron chi connectivity index (χ3n) is 2.48. The van der Waals surface area contributed by atoms with Crippen LogP contribution in [0.15, 0.2) is 34.3 Å². The number of carbonyl (C=O) groups is 2. The molecule has 4 nitrogen and oxygen atoms in total. The Hall–Kier alpha value is -1.62. The minimum atomic E-state index is -0.973. The van der Waals surface area contributed by atoms with Crippen molar-refractivity contribution in [1.29, 1.82) is 0 Å². The average molecular weight is 341 g/mol. The molecule has 0 fully saturated rings. The van der Waals surface area contributed by atoms with Crippen molar-refractivity contribution in [2.75, 3.05) is 0 Å². The Morgan fingerprint density at radius 1 is 1.15 bits per heavy atom. The van der Waals surface area contributed by atoms with Crippen molar-refractivity contribution in [3.63, 3.8) is 0 Å². The third kappa shape index (κ3) is 5.57. The van der Waals surface area contributed by atoms with Crippen LogP contribution in [0, 0.1) is 0 Å². The lowest BCUT2D eigenvalue weighted by Gasteiger charge is -2.19. The summed E-state index contributed by atoms with van der Waals surface area (Å²) in [5.41, 5.74) is 1.66. The summed E-state index contributed by atoms with van der Waals surface area (Å²) in [6.07, 6.45) is 1.48. The first-order valence-electron chi connectivity index (χ1n) is 6.22. The molecule has 0 aliphatic heterocycles. The minimum absolute atomic E-state index is 0.494. The van der Waals surface area contributed by atoms with Gasteiger partial charge >= 0.3 is 11.9 Å². The van der Waals surface area contributed by atoms with Crippen molar-refractivity contribution in [3.05, 3.63) is 39.9 Å². The van der Waals surface area contributed by atoms with Gasteiger partial charge in [0.05, 0.1) is 0 Å². The molecule has 0 saturated carbocycles. The van der Waals surface area contributed by atoms with Crippen LogP contribution in [0.1, 0.15) is 32.8 Å². The van der Waals surface area contributed by atoms with Gasteiger partial charge in [0, 0.05) is 23.9 Å². The van der Waals surface area contributed by atoms with Crippen LogP contribution in [-0.4, -0.2) is 18.2 Å². The van der Waals surface area contributed by atoms with E-state index in [4.69, 9.17) is 9.47 Å². The molecular weight excluding hydrogens is 324 g/mol. The standard InChI is InChI=1S/C15H17BrO4/c1-4-13(9-12-5-7-14(16)8-6-12)15(19-10(2)17)20-11(3)18/h5-9,15H,4H2,1-3H3. The van der Waals surface area contributed by atoms with Gasteiger partial charge < -0.3 is 9.47 Å². The molecule has 0 N–H and O–H groups in total. The van der Waals surface area contributed by atoms with Gasteiger partial charge in [0.25, 0.3) is 6.29 Å². The number of hydrogen-bond donors (Lipinski definition) is 0. The molecule has 0 aromatic heterocycles. The monoisotopic (exact) mass is 340 g/mol. The fraction of sp³-hybridized carbons (Fsp3) is 0.333. The molecule has 1 aromatic carbocycles. The Kier molecular flexibility index (Phi) is 6.45. The van der Waals surface area contributed by atoms with Crippen molar-refractivity contribution < 1.29 is 19.1 Å². The van der Waals surface area contributed by atoms with Crippen LogP contribution >= 0.6 is 15.9 Å². The van der Waals surface area contributed by atoms with Crippen LogP contribution in [0.5, 0.6) is 0 Å². The topological polar surface area (TPSA) is 52.6 Å². The lowest BCUT2D eigenvalue weighted by Crippen LogP contribution is -2.24. The van der Waals surface area contributed by atoms with Gasteiger partial charge in [-0.2, -0.15) is 0 Å². The fourth-order valence-corrected chi connectivity index (χ4v) is 1.85. The van der Waals surface area contributed by atoms with Crippen LogP contribution in [0.2, 0.25) is 0 Å². The molecule has 0 unspecified atom stereocenters. The van der Waals surface area contributed by atoms with Gasteiger partial charge in [0.15, 0.2) is 0 Å². The van der Waals surface area contributed by atoms with Crippen molar-refractivity contribution in [2.24, 2.45) is 0 Å². The normalized spacial score (nSPS) is 11.3. The van der Waals surface area contributed by atoms with Crippen LogP contribution in [-0.2, 0) is 19.1 Å². The molecule has 0 aliphatic carbocycles. The van der Waals surface area contributed by atoms with Crippen molar-refractivity contribution >= 4 is 33.9 Å². The summed E-state index contributed by atoms with van der Waals surface area (Å²) in [6, 6.07) is 7.65. The first-order valence-corrected chi connectivity index (χ1v) is 7.02. The molecule has 0 bridgehead atoms. The highest BCUT2D eigenvalue weighted by Gasteiger charge is 2.19. The van der Waals surface area contributed by atoms with Crippen LogP contribution in [0.3, 0.4) is 0 Å². The smallest absolute Gasteiger partial charge is 0.305 e. The molecule has 1 rings (SSSR count). The van der Waals surface area contributed by atoms with Gasteiger partial charge in [-0.05, 0) is 30.2 Å². The second kappa shape index (κ2) is 7.85. The molecular formula is C15H17BrO4. The summed E-state index contributed by atoms with van der Waals surface area (Å²) in [5, 5.41) is 0. The zero-order valence-corrected chi connectivity index (χ0v) is 13.3. The molecule has 0 spiro atoms. The Labute approximate surface area is 126 Å². The van der Waals surface area contributed by atoms with E-state index < -0.39 is 18.2 Å². The molecule has 1 aromatic rings. The molecule has 0 aliphatic rings. The zero-order valence-electron chi connectivity index (χ0n) is 11.7. The number of carbonyl (C=O) groups excluding carboxylic acids is 2. The van der Waals surface area contributed by atoms with Gasteiger partial charge in [0.1, 0.15) is 0 Å². The highest BCUT2D eigenvalue weighted by atomic mass is 79.9. The Bertz CT molecular complexity index is 489. The maximum absolute atomic E-state index is 11.1. The first kappa shape index (κ1) is 16.4. The van der Waals surface area contributed by atoms with Gasteiger partial charge in [-0.3, -0.25) is 9.59 Å². The predicted molar refractivity (Wildman–Crippen MR) is 79.7 cm³/mol. The highest BCUT2D eigenvalue weighted by molar-refractivity contribution is 9.10. The van der Waals surface area contributed by atoms with Crippen molar-refractivity contribution in [3.8, 4) is 0 Å². The predicted octanol–water partition coefficient (Wildman–Crippen LogP) is 3.69. The molecule has 0 amide bonds. The van der Waals surface area contributed by atoms with E-state index in [9.17, 15) is 9.59 Å². The van der Waals surface area contributed by atoms with E-state index in [1.165, 1.54) is 13.8 Å². The molecule has 0 heterocycles. The summed E-state index contributed by atoms with van der Waals surface area (Å²) in [5.74, 6) is -0.988. The van der Waals surface area contributed by atoms with E-state index in [1.807, 2.05) is 37.3 Å². The third-order valence-corrected chi connectivity index (χ3v) is 3.01. The number of rotatable bonds is 5. The molecule has 0 saturated heterocycles. The second-order valence-electron chi connectivity index (χ2n) is 4.18. The van der Waals surface area contributed by atoms with E-state index in [0.717, 1.165) is 15.6 Å². The zero-order chi connectivity index (χ0) is 15.1. The first-order chi connectivity index (χ1) is 9.42. The quantitative estimate of drug-likeness (QED) is 0.605. The number of hydrogen-bond acceptors (Lipinski definition) is 4. The molecule has 20 heavy (non-hydrogen) atoms. The molecule has 5 heteroatoms. The van der Waals surface area contributed by atoms with Gasteiger partial charge in [-0.1, -0.05) is 35.0 Å². The van der Waals surface area contributed by atoms with E-state index in [-0.39, 0.29) is 0 Å². The maximum Gasteiger partial charge on any atom is 0.305 e. The van der Waals surface area contributed by atoms with Gasteiger partial charge in [-0.15, -0.1) is 0 Å². The number of halogens is 1. The van der Waals surface area contributed by atoms with Crippen LogP contribution in [0.4, 0.5) is 0 Å². The number of ether oxygens (including phenoxy) is 2.